The maximum absolute atomic E-state index is 12.8. The Hall–Kier alpha value is -4.38. The van der Waals surface area contributed by atoms with Crippen LogP contribution in [0.5, 0.6) is 28.7 Å². The van der Waals surface area contributed by atoms with Crippen molar-refractivity contribution in [2.24, 2.45) is 0 Å². The number of thioether (sulfide) groups is 1. The van der Waals surface area contributed by atoms with Crippen molar-refractivity contribution in [2.75, 3.05) is 38.0 Å². The summed E-state index contributed by atoms with van der Waals surface area (Å²) in [6.45, 7) is 1.23. The van der Waals surface area contributed by atoms with E-state index in [1.807, 2.05) is 59.2 Å². The second-order valence-electron chi connectivity index (χ2n) is 8.44. The molecule has 0 fully saturated rings. The van der Waals surface area contributed by atoms with Gasteiger partial charge in [0.15, 0.2) is 40.1 Å². The number of hydrogen-bond donors (Lipinski definition) is 1. The minimum atomic E-state index is -0.509. The predicted molar refractivity (Wildman–Crippen MR) is 140 cm³/mol. The van der Waals surface area contributed by atoms with E-state index in [1.165, 1.54) is 11.8 Å². The highest BCUT2D eigenvalue weighted by Gasteiger charge is 2.30. The molecule has 2 aliphatic heterocycles. The third-order valence-corrected chi connectivity index (χ3v) is 6.85. The van der Waals surface area contributed by atoms with Crippen molar-refractivity contribution in [1.82, 2.24) is 14.8 Å². The molecule has 194 valence electrons. The summed E-state index contributed by atoms with van der Waals surface area (Å²) in [5.41, 5.74) is 1.41. The van der Waals surface area contributed by atoms with E-state index >= 15 is 0 Å². The van der Waals surface area contributed by atoms with Gasteiger partial charge < -0.3 is 29.0 Å². The van der Waals surface area contributed by atoms with E-state index in [-0.39, 0.29) is 18.3 Å². The van der Waals surface area contributed by atoms with Crippen molar-refractivity contribution in [3.05, 3.63) is 72.6 Å². The predicted octanol–water partition coefficient (Wildman–Crippen LogP) is 4.29. The van der Waals surface area contributed by atoms with Crippen LogP contribution in [0.2, 0.25) is 0 Å². The first-order valence-corrected chi connectivity index (χ1v) is 13.0. The zero-order valence-electron chi connectivity index (χ0n) is 20.5. The van der Waals surface area contributed by atoms with E-state index in [4.69, 9.17) is 23.7 Å². The number of rotatable bonds is 7. The van der Waals surface area contributed by atoms with Crippen molar-refractivity contribution in [3.63, 3.8) is 0 Å². The number of ether oxygens (including phenoxy) is 5. The molecule has 1 N–H and O–H groups in total. The lowest BCUT2D eigenvalue weighted by Crippen LogP contribution is -2.25. The van der Waals surface area contributed by atoms with Crippen LogP contribution < -0.4 is 29.0 Å². The first-order valence-electron chi connectivity index (χ1n) is 12.0. The van der Waals surface area contributed by atoms with E-state index in [2.05, 4.69) is 15.5 Å². The number of para-hydroxylation sites is 2. The molecule has 3 heterocycles. The van der Waals surface area contributed by atoms with Crippen LogP contribution in [0.25, 0.3) is 5.69 Å². The van der Waals surface area contributed by atoms with Crippen LogP contribution >= 0.6 is 11.8 Å². The van der Waals surface area contributed by atoms with Crippen molar-refractivity contribution >= 4 is 23.4 Å². The number of fused-ring (bicyclic) bond motifs is 2. The summed E-state index contributed by atoms with van der Waals surface area (Å²) in [6, 6.07) is 20.3. The van der Waals surface area contributed by atoms with Crippen LogP contribution in [0.1, 0.15) is 11.9 Å². The van der Waals surface area contributed by atoms with Gasteiger partial charge in [-0.05, 0) is 36.4 Å². The molecule has 3 aromatic carbocycles. The van der Waals surface area contributed by atoms with Gasteiger partial charge in [0.25, 0.3) is 0 Å². The summed E-state index contributed by atoms with van der Waals surface area (Å²) in [5.74, 6) is 3.75. The minimum absolute atomic E-state index is 0.116. The number of hydrogen-bond acceptors (Lipinski definition) is 9. The Kier molecular flexibility index (Phi) is 6.65. The minimum Gasteiger partial charge on any atom is -0.497 e. The van der Waals surface area contributed by atoms with Crippen molar-refractivity contribution in [1.29, 1.82) is 0 Å². The second-order valence-corrected chi connectivity index (χ2v) is 9.38. The molecular formula is C27H24N4O6S. The Morgan fingerprint density at radius 1 is 0.974 bits per heavy atom. The second kappa shape index (κ2) is 10.5. The lowest BCUT2D eigenvalue weighted by molar-refractivity contribution is -0.113. The van der Waals surface area contributed by atoms with Crippen molar-refractivity contribution in [3.8, 4) is 34.4 Å². The summed E-state index contributed by atoms with van der Waals surface area (Å²) in [5, 5.41) is 12.3. The third kappa shape index (κ3) is 4.92. The van der Waals surface area contributed by atoms with Gasteiger partial charge in [0.2, 0.25) is 5.91 Å². The molecule has 0 radical (unpaired) electrons. The lowest BCUT2D eigenvalue weighted by Gasteiger charge is -2.26. The molecule has 0 spiro atoms. The van der Waals surface area contributed by atoms with Gasteiger partial charge in [-0.3, -0.25) is 9.36 Å². The monoisotopic (exact) mass is 532 g/mol. The number of methoxy groups -OCH3 is 1. The average molecular weight is 533 g/mol. The number of carbonyl (C=O) groups is 1. The highest BCUT2D eigenvalue weighted by atomic mass is 32.2. The number of anilines is 1. The molecule has 0 saturated carbocycles. The summed E-state index contributed by atoms with van der Waals surface area (Å²) in [4.78, 5) is 12.8. The van der Waals surface area contributed by atoms with Crippen LogP contribution in [0.15, 0.2) is 71.9 Å². The Bertz CT molecular complexity index is 1480. The standard InChI is InChI=1S/C27H24N4O6S/c1-33-19-6-4-5-17(13-19)28-25(32)16-38-27-30-29-26(24-15-36-20-7-2-3-8-22(20)37-24)31(27)18-9-10-21-23(14-18)35-12-11-34-21/h2-10,13-14,24H,11-12,15-16H2,1H3,(H,28,32). The molecule has 10 nitrogen and oxygen atoms in total. The van der Waals surface area contributed by atoms with Crippen molar-refractivity contribution in [2.45, 2.75) is 11.3 Å². The molecule has 4 aromatic rings. The average Bonchev–Trinajstić information content (AvgIpc) is 3.39. The van der Waals surface area contributed by atoms with E-state index < -0.39 is 6.10 Å². The Labute approximate surface area is 222 Å². The lowest BCUT2D eigenvalue weighted by atomic mass is 10.2. The molecule has 1 aromatic heterocycles. The first-order chi connectivity index (χ1) is 18.7. The van der Waals surface area contributed by atoms with Gasteiger partial charge in [0, 0.05) is 17.8 Å². The van der Waals surface area contributed by atoms with E-state index in [0.29, 0.717) is 58.6 Å². The molecule has 0 aliphatic carbocycles. The first kappa shape index (κ1) is 24.0. The highest BCUT2D eigenvalue weighted by molar-refractivity contribution is 7.99. The number of amides is 1. The molecule has 1 unspecified atom stereocenters. The Morgan fingerprint density at radius 2 is 1.79 bits per heavy atom. The molecule has 0 bridgehead atoms. The molecule has 1 atom stereocenters. The van der Waals surface area contributed by atoms with E-state index in [1.54, 1.807) is 19.2 Å². The molecule has 11 heteroatoms. The summed E-state index contributed by atoms with van der Waals surface area (Å²) >= 11 is 1.26. The molecule has 6 rings (SSSR count). The van der Waals surface area contributed by atoms with Crippen LogP contribution in [-0.4, -0.2) is 53.4 Å². The Morgan fingerprint density at radius 3 is 2.66 bits per heavy atom. The van der Waals surface area contributed by atoms with Gasteiger partial charge in [-0.1, -0.05) is 30.0 Å². The number of aromatic nitrogens is 3. The van der Waals surface area contributed by atoms with Crippen LogP contribution in [0.3, 0.4) is 0 Å². The summed E-state index contributed by atoms with van der Waals surface area (Å²) in [6.07, 6.45) is -0.509. The highest BCUT2D eigenvalue weighted by Crippen LogP contribution is 2.38. The normalized spacial score (nSPS) is 15.6. The van der Waals surface area contributed by atoms with Crippen LogP contribution in [0.4, 0.5) is 5.69 Å². The molecular weight excluding hydrogens is 508 g/mol. The van der Waals surface area contributed by atoms with Gasteiger partial charge in [0.05, 0.1) is 18.6 Å². The van der Waals surface area contributed by atoms with Gasteiger partial charge in [-0.2, -0.15) is 0 Å². The topological polar surface area (TPSA) is 106 Å². The number of nitrogens with zero attached hydrogens (tertiary/aromatic N) is 3. The van der Waals surface area contributed by atoms with Gasteiger partial charge in [-0.15, -0.1) is 10.2 Å². The maximum Gasteiger partial charge on any atom is 0.234 e. The third-order valence-electron chi connectivity index (χ3n) is 5.92. The smallest absolute Gasteiger partial charge is 0.234 e. The summed E-state index contributed by atoms with van der Waals surface area (Å²) < 4.78 is 30.7. The zero-order valence-corrected chi connectivity index (χ0v) is 21.3. The van der Waals surface area contributed by atoms with Gasteiger partial charge in [0.1, 0.15) is 25.6 Å². The fraction of sp³-hybridized carbons (Fsp3) is 0.222. The van der Waals surface area contributed by atoms with Crippen molar-refractivity contribution < 1.29 is 28.5 Å². The van der Waals surface area contributed by atoms with Crippen LogP contribution in [-0.2, 0) is 4.79 Å². The van der Waals surface area contributed by atoms with Gasteiger partial charge in [-0.25, -0.2) is 0 Å². The van der Waals surface area contributed by atoms with E-state index in [0.717, 1.165) is 5.69 Å². The quantitative estimate of drug-likeness (QED) is 0.349. The molecule has 0 saturated heterocycles. The fourth-order valence-electron chi connectivity index (χ4n) is 4.17. The zero-order chi connectivity index (χ0) is 25.9. The number of benzene rings is 3. The maximum atomic E-state index is 12.8. The van der Waals surface area contributed by atoms with E-state index in [9.17, 15) is 4.79 Å². The number of carbonyl (C=O) groups excluding carboxylic acids is 1. The molecule has 1 amide bonds. The number of nitrogens with one attached hydrogen (secondary N) is 1. The molecule has 38 heavy (non-hydrogen) atoms. The molecule has 2 aliphatic rings. The Balaban J connectivity index is 1.28. The summed E-state index contributed by atoms with van der Waals surface area (Å²) in [7, 11) is 1.58. The fourth-order valence-corrected chi connectivity index (χ4v) is 4.93. The van der Waals surface area contributed by atoms with Crippen LogP contribution in [0, 0.1) is 0 Å². The van der Waals surface area contributed by atoms with Gasteiger partial charge >= 0.3 is 0 Å². The largest absolute Gasteiger partial charge is 0.497 e. The SMILES string of the molecule is COc1cccc(NC(=O)CSc2nnc(C3COc4ccccc4O3)n2-c2ccc3c(c2)OCCO3)c1.